The predicted molar refractivity (Wildman–Crippen MR) is 93.2 cm³/mol. The minimum atomic E-state index is -0.0349. The molecule has 0 bridgehead atoms. The summed E-state index contributed by atoms with van der Waals surface area (Å²) >= 11 is 0. The summed E-state index contributed by atoms with van der Waals surface area (Å²) in [5.41, 5.74) is 3.27. The fourth-order valence-electron chi connectivity index (χ4n) is 3.12. The first-order valence-electron chi connectivity index (χ1n) is 8.54. The molecule has 1 aliphatic rings. The summed E-state index contributed by atoms with van der Waals surface area (Å²) in [6.45, 7) is 4.51. The van der Waals surface area contributed by atoms with Gasteiger partial charge in [-0.25, -0.2) is 0 Å². The van der Waals surface area contributed by atoms with Crippen molar-refractivity contribution in [2.45, 2.75) is 32.9 Å². The molecule has 0 radical (unpaired) electrons. The second kappa shape index (κ2) is 8.06. The minimum absolute atomic E-state index is 0.0349. The molecule has 4 heteroatoms. The molecule has 1 fully saturated rings. The van der Waals surface area contributed by atoms with Gasteiger partial charge in [0, 0.05) is 19.3 Å². The average Bonchev–Trinajstić information content (AvgIpc) is 2.62. The van der Waals surface area contributed by atoms with E-state index in [2.05, 4.69) is 30.1 Å². The summed E-state index contributed by atoms with van der Waals surface area (Å²) in [6.07, 6.45) is 3.64. The van der Waals surface area contributed by atoms with E-state index in [9.17, 15) is 4.79 Å². The van der Waals surface area contributed by atoms with Crippen LogP contribution in [0.25, 0.3) is 0 Å². The van der Waals surface area contributed by atoms with Crippen LogP contribution < -0.4 is 0 Å². The number of amides is 1. The molecular formula is C20H24N2O2. The van der Waals surface area contributed by atoms with Crippen LogP contribution in [-0.2, 0) is 22.6 Å². The van der Waals surface area contributed by atoms with Gasteiger partial charge in [-0.1, -0.05) is 35.9 Å². The monoisotopic (exact) mass is 324 g/mol. The molecule has 0 N–H and O–H groups in total. The number of aromatic nitrogens is 1. The lowest BCUT2D eigenvalue weighted by Gasteiger charge is -2.29. The summed E-state index contributed by atoms with van der Waals surface area (Å²) in [6, 6.07) is 14.1. The van der Waals surface area contributed by atoms with E-state index in [1.165, 1.54) is 5.56 Å². The van der Waals surface area contributed by atoms with Gasteiger partial charge in [-0.15, -0.1) is 0 Å². The van der Waals surface area contributed by atoms with Crippen LogP contribution in [0.2, 0.25) is 0 Å². The highest BCUT2D eigenvalue weighted by Gasteiger charge is 2.27. The van der Waals surface area contributed by atoms with Crippen LogP contribution >= 0.6 is 0 Å². The van der Waals surface area contributed by atoms with Gasteiger partial charge in [0.05, 0.1) is 24.8 Å². The maximum Gasteiger partial charge on any atom is 0.228 e. The van der Waals surface area contributed by atoms with Crippen molar-refractivity contribution < 1.29 is 9.53 Å². The first-order valence-corrected chi connectivity index (χ1v) is 8.54. The minimum Gasteiger partial charge on any atom is -0.381 e. The Hall–Kier alpha value is -2.20. The molecule has 1 aromatic carbocycles. The summed E-state index contributed by atoms with van der Waals surface area (Å²) in [5.74, 6) is 0.133. The lowest BCUT2D eigenvalue weighted by atomic mass is 10.00. The molecule has 1 aliphatic heterocycles. The van der Waals surface area contributed by atoms with Crippen LogP contribution in [0.4, 0.5) is 0 Å². The van der Waals surface area contributed by atoms with E-state index in [0.29, 0.717) is 19.7 Å². The molecule has 2 heterocycles. The number of rotatable bonds is 5. The van der Waals surface area contributed by atoms with Crippen LogP contribution in [0.1, 0.15) is 29.7 Å². The number of nitrogens with zero attached hydrogens (tertiary/aromatic N) is 2. The SMILES string of the molecule is Cc1cccc(CN(Cc2ccccn2)C(=O)[C@@H]2CCCOC2)c1. The van der Waals surface area contributed by atoms with E-state index >= 15 is 0 Å². The van der Waals surface area contributed by atoms with E-state index in [0.717, 1.165) is 30.7 Å². The molecule has 1 amide bonds. The zero-order valence-corrected chi connectivity index (χ0v) is 14.1. The van der Waals surface area contributed by atoms with Crippen LogP contribution in [0, 0.1) is 12.8 Å². The van der Waals surface area contributed by atoms with Crippen molar-refractivity contribution in [3.05, 3.63) is 65.5 Å². The summed E-state index contributed by atoms with van der Waals surface area (Å²) in [4.78, 5) is 19.3. The van der Waals surface area contributed by atoms with Gasteiger partial charge in [0.15, 0.2) is 0 Å². The predicted octanol–water partition coefficient (Wildman–Crippen LogP) is 3.35. The number of carbonyl (C=O) groups excluding carboxylic acids is 1. The van der Waals surface area contributed by atoms with Crippen molar-refractivity contribution in [1.82, 2.24) is 9.88 Å². The summed E-state index contributed by atoms with van der Waals surface area (Å²) in [5, 5.41) is 0. The van der Waals surface area contributed by atoms with E-state index in [1.807, 2.05) is 29.2 Å². The third-order valence-electron chi connectivity index (χ3n) is 4.36. The Morgan fingerprint density at radius 2 is 2.17 bits per heavy atom. The number of hydrogen-bond donors (Lipinski definition) is 0. The Labute approximate surface area is 143 Å². The molecule has 3 rings (SSSR count). The highest BCUT2D eigenvalue weighted by molar-refractivity contribution is 5.79. The summed E-state index contributed by atoms with van der Waals surface area (Å²) in [7, 11) is 0. The van der Waals surface area contributed by atoms with Gasteiger partial charge >= 0.3 is 0 Å². The van der Waals surface area contributed by atoms with Gasteiger partial charge in [0.1, 0.15) is 0 Å². The largest absolute Gasteiger partial charge is 0.381 e. The number of aryl methyl sites for hydroxylation is 1. The Morgan fingerprint density at radius 3 is 2.88 bits per heavy atom. The molecular weight excluding hydrogens is 300 g/mol. The average molecular weight is 324 g/mol. The highest BCUT2D eigenvalue weighted by Crippen LogP contribution is 2.20. The molecule has 0 aliphatic carbocycles. The van der Waals surface area contributed by atoms with Crippen molar-refractivity contribution in [3.8, 4) is 0 Å². The molecule has 2 aromatic rings. The number of hydrogen-bond acceptors (Lipinski definition) is 3. The first kappa shape index (κ1) is 16.7. The van der Waals surface area contributed by atoms with Crippen LogP contribution in [-0.4, -0.2) is 29.0 Å². The third kappa shape index (κ3) is 4.42. The van der Waals surface area contributed by atoms with Gasteiger partial charge in [-0.05, 0) is 37.5 Å². The normalized spacial score (nSPS) is 17.5. The first-order chi connectivity index (χ1) is 11.7. The fraction of sp³-hybridized carbons (Fsp3) is 0.400. The standard InChI is InChI=1S/C20H24N2O2/c1-16-6-4-7-17(12-16)13-22(14-19-9-2-3-10-21-19)20(23)18-8-5-11-24-15-18/h2-4,6-7,9-10,12,18H,5,8,11,13-15H2,1H3/t18-/m1/s1. The van der Waals surface area contributed by atoms with E-state index in [-0.39, 0.29) is 11.8 Å². The molecule has 4 nitrogen and oxygen atoms in total. The molecule has 0 unspecified atom stereocenters. The zero-order valence-electron chi connectivity index (χ0n) is 14.1. The van der Waals surface area contributed by atoms with Crippen molar-refractivity contribution in [3.63, 3.8) is 0 Å². The van der Waals surface area contributed by atoms with Crippen LogP contribution in [0.15, 0.2) is 48.7 Å². The second-order valence-electron chi connectivity index (χ2n) is 6.42. The number of carbonyl (C=O) groups is 1. The van der Waals surface area contributed by atoms with Crippen molar-refractivity contribution in [2.24, 2.45) is 5.92 Å². The van der Waals surface area contributed by atoms with Gasteiger partial charge in [-0.2, -0.15) is 0 Å². The second-order valence-corrected chi connectivity index (χ2v) is 6.42. The Kier molecular flexibility index (Phi) is 5.59. The van der Waals surface area contributed by atoms with Gasteiger partial charge in [0.2, 0.25) is 5.91 Å². The quantitative estimate of drug-likeness (QED) is 0.847. The lowest BCUT2D eigenvalue weighted by Crippen LogP contribution is -2.39. The highest BCUT2D eigenvalue weighted by atomic mass is 16.5. The zero-order chi connectivity index (χ0) is 16.8. The number of pyridine rings is 1. The maximum absolute atomic E-state index is 13.0. The molecule has 0 saturated carbocycles. The van der Waals surface area contributed by atoms with Crippen molar-refractivity contribution >= 4 is 5.91 Å². The molecule has 1 atom stereocenters. The fourth-order valence-corrected chi connectivity index (χ4v) is 3.12. The van der Waals surface area contributed by atoms with E-state index < -0.39 is 0 Å². The molecule has 1 aromatic heterocycles. The van der Waals surface area contributed by atoms with Crippen LogP contribution in [0.5, 0.6) is 0 Å². The molecule has 0 spiro atoms. The summed E-state index contributed by atoms with van der Waals surface area (Å²) < 4.78 is 5.51. The molecule has 126 valence electrons. The van der Waals surface area contributed by atoms with E-state index in [1.54, 1.807) is 6.20 Å². The Balaban J connectivity index is 1.78. The van der Waals surface area contributed by atoms with Crippen molar-refractivity contribution in [2.75, 3.05) is 13.2 Å². The van der Waals surface area contributed by atoms with Gasteiger partial charge in [0.25, 0.3) is 0 Å². The van der Waals surface area contributed by atoms with Crippen LogP contribution in [0.3, 0.4) is 0 Å². The Bertz CT molecular complexity index is 666. The topological polar surface area (TPSA) is 42.4 Å². The smallest absolute Gasteiger partial charge is 0.228 e. The van der Waals surface area contributed by atoms with Gasteiger partial charge < -0.3 is 9.64 Å². The van der Waals surface area contributed by atoms with Crippen molar-refractivity contribution in [1.29, 1.82) is 0 Å². The lowest BCUT2D eigenvalue weighted by molar-refractivity contribution is -0.141. The Morgan fingerprint density at radius 1 is 1.25 bits per heavy atom. The van der Waals surface area contributed by atoms with E-state index in [4.69, 9.17) is 4.74 Å². The maximum atomic E-state index is 13.0. The molecule has 24 heavy (non-hydrogen) atoms. The third-order valence-corrected chi connectivity index (χ3v) is 4.36. The van der Waals surface area contributed by atoms with Gasteiger partial charge in [-0.3, -0.25) is 9.78 Å². The molecule has 1 saturated heterocycles. The number of ether oxygens (including phenoxy) is 1. The number of benzene rings is 1.